The third kappa shape index (κ3) is 10.5. The second-order valence-electron chi connectivity index (χ2n) is 14.0. The quantitative estimate of drug-likeness (QED) is 0.109. The van der Waals surface area contributed by atoms with Crippen LogP contribution in [0.4, 0.5) is 8.78 Å². The predicted octanol–water partition coefficient (Wildman–Crippen LogP) is 6.67. The van der Waals surface area contributed by atoms with E-state index in [1.54, 1.807) is 18.1 Å². The van der Waals surface area contributed by atoms with Gasteiger partial charge in [-0.15, -0.1) is 6.58 Å². The smallest absolute Gasteiger partial charge is 0.329 e. The van der Waals surface area contributed by atoms with Gasteiger partial charge < -0.3 is 24.2 Å². The molecule has 1 N–H and O–H groups in total. The maximum Gasteiger partial charge on any atom is 0.329 e. The molecule has 2 saturated heterocycles. The number of methoxy groups -OCH3 is 1. The molecule has 2 heterocycles. The lowest BCUT2D eigenvalue weighted by Crippen LogP contribution is -2.50. The van der Waals surface area contributed by atoms with E-state index in [9.17, 15) is 23.5 Å². The van der Waals surface area contributed by atoms with Crippen molar-refractivity contribution in [3.05, 3.63) is 114 Å². The van der Waals surface area contributed by atoms with Crippen LogP contribution in [-0.2, 0) is 38.4 Å². The molecule has 8 nitrogen and oxygen atoms in total. The van der Waals surface area contributed by atoms with E-state index in [-0.39, 0.29) is 29.9 Å². The zero-order valence-electron chi connectivity index (χ0n) is 30.3. The van der Waals surface area contributed by atoms with Crippen LogP contribution in [0.1, 0.15) is 62.1 Å². The summed E-state index contributed by atoms with van der Waals surface area (Å²) in [5.41, 5.74) is 2.24. The Morgan fingerprint density at radius 2 is 1.77 bits per heavy atom. The second-order valence-corrected chi connectivity index (χ2v) is 14.0. The molecule has 1 amide bonds. The van der Waals surface area contributed by atoms with Crippen LogP contribution >= 0.6 is 0 Å². The van der Waals surface area contributed by atoms with Gasteiger partial charge in [-0.05, 0) is 73.1 Å². The number of amides is 1. The van der Waals surface area contributed by atoms with Crippen molar-refractivity contribution in [1.29, 1.82) is 0 Å². The number of esters is 1. The van der Waals surface area contributed by atoms with Gasteiger partial charge in [-0.3, -0.25) is 9.69 Å². The summed E-state index contributed by atoms with van der Waals surface area (Å²) in [5, 5.41) is 12.2. The van der Waals surface area contributed by atoms with Crippen LogP contribution in [0.3, 0.4) is 0 Å². The summed E-state index contributed by atoms with van der Waals surface area (Å²) in [6.45, 7) is 7.58. The van der Waals surface area contributed by atoms with Gasteiger partial charge in [-0.1, -0.05) is 68.3 Å². The van der Waals surface area contributed by atoms with Gasteiger partial charge >= 0.3 is 5.97 Å². The fraction of sp³-hybridized carbons (Fsp3) is 0.476. The van der Waals surface area contributed by atoms with Gasteiger partial charge in [0.15, 0.2) is 0 Å². The Morgan fingerprint density at radius 3 is 2.44 bits per heavy atom. The Morgan fingerprint density at radius 1 is 1.04 bits per heavy atom. The molecule has 0 aromatic heterocycles. The first-order valence-electron chi connectivity index (χ1n) is 18.5. The number of hydrogen-bond donors (Lipinski definition) is 1. The lowest BCUT2D eigenvalue weighted by molar-refractivity contribution is -0.166. The number of aliphatic hydroxyl groups is 1. The molecule has 10 heteroatoms. The topological polar surface area (TPSA) is 88.5 Å². The number of benzene rings is 3. The zero-order valence-corrected chi connectivity index (χ0v) is 30.3. The highest BCUT2D eigenvalue weighted by atomic mass is 19.1. The lowest BCUT2D eigenvalue weighted by Gasteiger charge is -2.35. The Labute approximate surface area is 306 Å². The third-order valence-corrected chi connectivity index (χ3v) is 10.3. The van der Waals surface area contributed by atoms with Gasteiger partial charge in [0.1, 0.15) is 35.6 Å². The van der Waals surface area contributed by atoms with Crippen LogP contribution in [-0.4, -0.2) is 84.0 Å². The molecule has 6 atom stereocenters. The van der Waals surface area contributed by atoms with Crippen molar-refractivity contribution in [2.45, 2.75) is 95.2 Å². The van der Waals surface area contributed by atoms with Crippen molar-refractivity contribution in [3.63, 3.8) is 0 Å². The molecule has 2 fully saturated rings. The molecule has 0 radical (unpaired) electrons. The number of nitrogens with zero attached hydrogens (tertiary/aromatic N) is 2. The molecule has 280 valence electrons. The summed E-state index contributed by atoms with van der Waals surface area (Å²) in [5.74, 6) is -1.66. The summed E-state index contributed by atoms with van der Waals surface area (Å²) in [6.07, 6.45) is 3.48. The van der Waals surface area contributed by atoms with E-state index in [2.05, 4.69) is 18.4 Å². The molecule has 0 aliphatic carbocycles. The molecule has 2 aliphatic heterocycles. The van der Waals surface area contributed by atoms with Crippen molar-refractivity contribution in [3.8, 4) is 5.75 Å². The monoisotopic (exact) mass is 718 g/mol. The maximum absolute atomic E-state index is 14.4. The maximum atomic E-state index is 14.4. The third-order valence-electron chi connectivity index (χ3n) is 10.3. The number of carbonyl (C=O) groups is 2. The first-order valence-corrected chi connectivity index (χ1v) is 18.5. The van der Waals surface area contributed by atoms with Crippen molar-refractivity contribution in [2.75, 3.05) is 26.8 Å². The summed E-state index contributed by atoms with van der Waals surface area (Å²) >= 11 is 0. The van der Waals surface area contributed by atoms with Crippen LogP contribution < -0.4 is 4.74 Å². The molecule has 3 aromatic rings. The highest BCUT2D eigenvalue weighted by Crippen LogP contribution is 2.31. The summed E-state index contributed by atoms with van der Waals surface area (Å²) < 4.78 is 46.5. The molecular formula is C42H52F2N2O6. The molecule has 5 rings (SSSR count). The molecule has 52 heavy (non-hydrogen) atoms. The van der Waals surface area contributed by atoms with E-state index in [0.29, 0.717) is 51.9 Å². The SMILES string of the molecule is C=CCO[C@@H]1C[C@H]([C@@H](O)[C@H](Cc2cc(F)cc(F)c2)OC(=O)[C@H](CCc2ccccc2)N2CC[C@H](CCCC)C2=O)N(Cc2ccc(OC)cc2)C1. The van der Waals surface area contributed by atoms with Gasteiger partial charge in [0, 0.05) is 44.1 Å². The Balaban J connectivity index is 1.43. The first kappa shape index (κ1) is 39.1. The van der Waals surface area contributed by atoms with Crippen molar-refractivity contribution >= 4 is 11.9 Å². The predicted molar refractivity (Wildman–Crippen MR) is 196 cm³/mol. The number of aryl methyl sites for hydroxylation is 1. The second kappa shape index (κ2) is 19.1. The Hall–Kier alpha value is -4.12. The number of halogens is 2. The molecule has 0 saturated carbocycles. The first-order chi connectivity index (χ1) is 25.2. The minimum atomic E-state index is -1.26. The van der Waals surface area contributed by atoms with E-state index in [0.717, 1.165) is 42.2 Å². The van der Waals surface area contributed by atoms with Crippen LogP contribution in [0, 0.1) is 17.6 Å². The zero-order chi connectivity index (χ0) is 37.0. The van der Waals surface area contributed by atoms with Gasteiger partial charge in [0.25, 0.3) is 0 Å². The highest BCUT2D eigenvalue weighted by Gasteiger charge is 2.44. The lowest BCUT2D eigenvalue weighted by atomic mass is 9.96. The molecule has 0 bridgehead atoms. The minimum absolute atomic E-state index is 0.0589. The molecule has 3 aromatic carbocycles. The number of likely N-dealkylation sites (tertiary alicyclic amines) is 2. The number of aliphatic hydroxyl groups excluding tert-OH is 1. The number of ether oxygens (including phenoxy) is 3. The highest BCUT2D eigenvalue weighted by molar-refractivity contribution is 5.87. The largest absolute Gasteiger partial charge is 0.497 e. The number of rotatable bonds is 19. The molecule has 0 spiro atoms. The van der Waals surface area contributed by atoms with E-state index in [1.165, 1.54) is 12.1 Å². The van der Waals surface area contributed by atoms with E-state index in [1.807, 2.05) is 54.6 Å². The average Bonchev–Trinajstić information content (AvgIpc) is 3.71. The van der Waals surface area contributed by atoms with Crippen LogP contribution in [0.2, 0.25) is 0 Å². The Bertz CT molecular complexity index is 1590. The van der Waals surface area contributed by atoms with Gasteiger partial charge in [-0.25, -0.2) is 13.6 Å². The van der Waals surface area contributed by atoms with Crippen LogP contribution in [0.15, 0.2) is 85.5 Å². The van der Waals surface area contributed by atoms with Crippen molar-refractivity contribution in [2.24, 2.45) is 5.92 Å². The standard InChI is InChI=1S/C42H52F2N2O6/c1-4-6-12-32-19-20-46(41(32)48)37(18-15-29-10-8-7-9-11-29)42(49)52-39(24-31-22-33(43)25-34(44)23-31)40(47)38-26-36(51-21-5-2)28-45(38)27-30-13-16-35(50-3)17-14-30/h5,7-11,13-14,16-17,22-23,25,32,36-40,47H,2,4,6,12,15,18-21,24,26-28H2,1,3H3/t32-,36+,37-,38+,39-,40+/m0/s1. The summed E-state index contributed by atoms with van der Waals surface area (Å²) in [6, 6.07) is 19.1. The van der Waals surface area contributed by atoms with E-state index in [4.69, 9.17) is 14.2 Å². The Kier molecular flexibility index (Phi) is 14.4. The van der Waals surface area contributed by atoms with Gasteiger partial charge in [0.2, 0.25) is 5.91 Å². The number of unbranched alkanes of at least 4 members (excludes halogenated alkanes) is 1. The number of hydrogen-bond acceptors (Lipinski definition) is 7. The minimum Gasteiger partial charge on any atom is -0.497 e. The van der Waals surface area contributed by atoms with E-state index < -0.39 is 41.9 Å². The normalized spacial score (nSPS) is 20.8. The fourth-order valence-electron chi connectivity index (χ4n) is 7.53. The van der Waals surface area contributed by atoms with Crippen molar-refractivity contribution in [1.82, 2.24) is 9.80 Å². The fourth-order valence-corrected chi connectivity index (χ4v) is 7.53. The van der Waals surface area contributed by atoms with Gasteiger partial charge in [0.05, 0.1) is 19.8 Å². The van der Waals surface area contributed by atoms with Crippen molar-refractivity contribution < 1.29 is 37.7 Å². The van der Waals surface area contributed by atoms with Crippen LogP contribution in [0.25, 0.3) is 0 Å². The van der Waals surface area contributed by atoms with E-state index >= 15 is 0 Å². The molecule has 0 unspecified atom stereocenters. The summed E-state index contributed by atoms with van der Waals surface area (Å²) in [7, 11) is 1.60. The summed E-state index contributed by atoms with van der Waals surface area (Å²) in [4.78, 5) is 31.8. The number of carbonyl (C=O) groups excluding carboxylic acids is 2. The van der Waals surface area contributed by atoms with Gasteiger partial charge in [-0.2, -0.15) is 0 Å². The molecular weight excluding hydrogens is 666 g/mol. The molecule has 2 aliphatic rings. The average molecular weight is 719 g/mol. The van der Waals surface area contributed by atoms with Crippen LogP contribution in [0.5, 0.6) is 5.75 Å².